The molecule has 0 saturated heterocycles. The average molecular weight is 330 g/mol. The number of hydrogen-bond donors (Lipinski definition) is 1. The molecule has 0 atom stereocenters. The number of nitrogens with two attached hydrogens (primary N) is 1. The minimum Gasteiger partial charge on any atom is -0.483 e. The molecule has 0 radical (unpaired) electrons. The lowest BCUT2D eigenvalue weighted by atomic mass is 10.1. The first-order valence-electron chi connectivity index (χ1n) is 7.75. The van der Waals surface area contributed by atoms with Gasteiger partial charge in [0, 0.05) is 28.4 Å². The average Bonchev–Trinajstić information content (AvgIpc) is 2.77. The first kappa shape index (κ1) is 16.3. The number of aromatic nitrogens is 1. The van der Waals surface area contributed by atoms with E-state index in [1.807, 2.05) is 31.4 Å². The second kappa shape index (κ2) is 5.82. The zero-order chi connectivity index (χ0) is 17.5. The standard InChI is InChI=1S/C19H20F2N2O/c1-12-8-13-9-14(20)4-6-17(13)23(12)11-19(2,3)24-18-7-5-15(22)10-16(18)21/h4-10H,11,22H2,1-3H3. The summed E-state index contributed by atoms with van der Waals surface area (Å²) in [5, 5.41) is 0.835. The topological polar surface area (TPSA) is 40.2 Å². The summed E-state index contributed by atoms with van der Waals surface area (Å²) in [4.78, 5) is 0. The molecule has 0 fully saturated rings. The minimum absolute atomic E-state index is 0.161. The molecule has 0 aliphatic rings. The van der Waals surface area contributed by atoms with Gasteiger partial charge in [-0.3, -0.25) is 0 Å². The molecule has 3 aromatic rings. The Morgan fingerprint density at radius 3 is 2.54 bits per heavy atom. The van der Waals surface area contributed by atoms with Crippen LogP contribution >= 0.6 is 0 Å². The zero-order valence-corrected chi connectivity index (χ0v) is 13.9. The molecular formula is C19H20F2N2O. The Balaban J connectivity index is 1.90. The maximum absolute atomic E-state index is 14.0. The molecular weight excluding hydrogens is 310 g/mol. The molecule has 1 aromatic heterocycles. The van der Waals surface area contributed by atoms with Gasteiger partial charge in [0.1, 0.15) is 11.4 Å². The smallest absolute Gasteiger partial charge is 0.167 e. The summed E-state index contributed by atoms with van der Waals surface area (Å²) in [5.74, 6) is -0.590. The summed E-state index contributed by atoms with van der Waals surface area (Å²) in [6.45, 7) is 6.23. The number of anilines is 1. The molecule has 0 bridgehead atoms. The molecule has 24 heavy (non-hydrogen) atoms. The van der Waals surface area contributed by atoms with E-state index in [-0.39, 0.29) is 11.6 Å². The second-order valence-electron chi connectivity index (χ2n) is 6.63. The Kier molecular flexibility index (Phi) is 3.95. The number of ether oxygens (including phenoxy) is 1. The monoisotopic (exact) mass is 330 g/mol. The number of aryl methyl sites for hydroxylation is 1. The highest BCUT2D eigenvalue weighted by Crippen LogP contribution is 2.28. The fourth-order valence-electron chi connectivity index (χ4n) is 2.90. The molecule has 0 saturated carbocycles. The van der Waals surface area contributed by atoms with Crippen LogP contribution in [-0.2, 0) is 6.54 Å². The van der Waals surface area contributed by atoms with Gasteiger partial charge in [0.15, 0.2) is 11.6 Å². The fraction of sp³-hybridized carbons (Fsp3) is 0.263. The molecule has 3 rings (SSSR count). The number of halogens is 2. The Morgan fingerprint density at radius 1 is 1.08 bits per heavy atom. The highest BCUT2D eigenvalue weighted by molar-refractivity contribution is 5.81. The predicted octanol–water partition coefficient (Wildman–Crippen LogP) is 4.67. The van der Waals surface area contributed by atoms with Crippen molar-refractivity contribution in [3.05, 3.63) is 59.8 Å². The largest absolute Gasteiger partial charge is 0.483 e. The van der Waals surface area contributed by atoms with Crippen molar-refractivity contribution in [2.24, 2.45) is 0 Å². The van der Waals surface area contributed by atoms with Crippen LogP contribution in [0.1, 0.15) is 19.5 Å². The summed E-state index contributed by atoms with van der Waals surface area (Å²) >= 11 is 0. The van der Waals surface area contributed by atoms with Crippen molar-refractivity contribution in [3.8, 4) is 5.75 Å². The molecule has 0 unspecified atom stereocenters. The van der Waals surface area contributed by atoms with Crippen LogP contribution < -0.4 is 10.5 Å². The van der Waals surface area contributed by atoms with E-state index in [9.17, 15) is 8.78 Å². The van der Waals surface area contributed by atoms with Gasteiger partial charge < -0.3 is 15.0 Å². The van der Waals surface area contributed by atoms with Crippen LogP contribution in [0.15, 0.2) is 42.5 Å². The van der Waals surface area contributed by atoms with Crippen molar-refractivity contribution >= 4 is 16.6 Å². The van der Waals surface area contributed by atoms with Gasteiger partial charge in [-0.25, -0.2) is 8.78 Å². The summed E-state index contributed by atoms with van der Waals surface area (Å²) in [6.07, 6.45) is 0. The maximum Gasteiger partial charge on any atom is 0.167 e. The normalized spacial score (nSPS) is 11.9. The first-order chi connectivity index (χ1) is 11.2. The number of nitrogen functional groups attached to an aromatic ring is 1. The van der Waals surface area contributed by atoms with Crippen molar-refractivity contribution in [1.82, 2.24) is 4.57 Å². The number of nitrogens with zero attached hydrogens (tertiary/aromatic N) is 1. The summed E-state index contributed by atoms with van der Waals surface area (Å²) in [5.41, 5.74) is 7.16. The van der Waals surface area contributed by atoms with Crippen LogP contribution in [0, 0.1) is 18.6 Å². The molecule has 126 valence electrons. The van der Waals surface area contributed by atoms with Gasteiger partial charge in [0.25, 0.3) is 0 Å². The number of fused-ring (bicyclic) bond motifs is 1. The third-order valence-electron chi connectivity index (χ3n) is 3.95. The highest BCUT2D eigenvalue weighted by Gasteiger charge is 2.24. The number of hydrogen-bond acceptors (Lipinski definition) is 2. The Morgan fingerprint density at radius 2 is 1.83 bits per heavy atom. The molecule has 1 heterocycles. The van der Waals surface area contributed by atoms with E-state index in [4.69, 9.17) is 10.5 Å². The van der Waals surface area contributed by atoms with Crippen LogP contribution in [0.4, 0.5) is 14.5 Å². The summed E-state index contributed by atoms with van der Waals surface area (Å²) < 4.78 is 35.3. The minimum atomic E-state index is -0.665. The predicted molar refractivity (Wildman–Crippen MR) is 92.2 cm³/mol. The van der Waals surface area contributed by atoms with Gasteiger partial charge in [-0.2, -0.15) is 0 Å². The lowest BCUT2D eigenvalue weighted by Crippen LogP contribution is -2.34. The first-order valence-corrected chi connectivity index (χ1v) is 7.75. The van der Waals surface area contributed by atoms with Crippen LogP contribution in [0.3, 0.4) is 0 Å². The SMILES string of the molecule is Cc1cc2cc(F)ccc2n1CC(C)(C)Oc1ccc(N)cc1F. The number of rotatable bonds is 4. The zero-order valence-electron chi connectivity index (χ0n) is 13.9. The van der Waals surface area contributed by atoms with Gasteiger partial charge in [0.05, 0.1) is 6.54 Å². The van der Waals surface area contributed by atoms with Crippen molar-refractivity contribution in [2.75, 3.05) is 5.73 Å². The molecule has 3 nitrogen and oxygen atoms in total. The Labute approximate surface area is 139 Å². The molecule has 0 aliphatic heterocycles. The van der Waals surface area contributed by atoms with Crippen LogP contribution in [0.2, 0.25) is 0 Å². The van der Waals surface area contributed by atoms with Gasteiger partial charge in [-0.05, 0) is 57.2 Å². The van der Waals surface area contributed by atoms with E-state index >= 15 is 0 Å². The molecule has 0 amide bonds. The molecule has 5 heteroatoms. The maximum atomic E-state index is 14.0. The molecule has 2 aromatic carbocycles. The lowest BCUT2D eigenvalue weighted by molar-refractivity contribution is 0.0851. The third kappa shape index (κ3) is 3.20. The van der Waals surface area contributed by atoms with Gasteiger partial charge in [-0.15, -0.1) is 0 Å². The van der Waals surface area contributed by atoms with E-state index < -0.39 is 11.4 Å². The van der Waals surface area contributed by atoms with Crippen LogP contribution in [-0.4, -0.2) is 10.2 Å². The third-order valence-corrected chi connectivity index (χ3v) is 3.95. The van der Waals surface area contributed by atoms with Crippen molar-refractivity contribution in [1.29, 1.82) is 0 Å². The summed E-state index contributed by atoms with van der Waals surface area (Å²) in [7, 11) is 0. The second-order valence-corrected chi connectivity index (χ2v) is 6.63. The van der Waals surface area contributed by atoms with Crippen molar-refractivity contribution in [3.63, 3.8) is 0 Å². The Bertz CT molecular complexity index is 900. The number of benzene rings is 2. The van der Waals surface area contributed by atoms with Gasteiger partial charge in [0.2, 0.25) is 0 Å². The molecule has 0 aliphatic carbocycles. The van der Waals surface area contributed by atoms with E-state index in [2.05, 4.69) is 0 Å². The quantitative estimate of drug-likeness (QED) is 0.706. The summed E-state index contributed by atoms with van der Waals surface area (Å²) in [6, 6.07) is 11.0. The van der Waals surface area contributed by atoms with E-state index in [1.165, 1.54) is 24.3 Å². The van der Waals surface area contributed by atoms with E-state index in [0.717, 1.165) is 16.6 Å². The van der Waals surface area contributed by atoms with Gasteiger partial charge >= 0.3 is 0 Å². The van der Waals surface area contributed by atoms with Crippen LogP contribution in [0.5, 0.6) is 5.75 Å². The van der Waals surface area contributed by atoms with E-state index in [1.54, 1.807) is 12.1 Å². The van der Waals surface area contributed by atoms with E-state index in [0.29, 0.717) is 12.2 Å². The lowest BCUT2D eigenvalue weighted by Gasteiger charge is -2.28. The van der Waals surface area contributed by atoms with Crippen LogP contribution in [0.25, 0.3) is 10.9 Å². The molecule has 2 N–H and O–H groups in total. The van der Waals surface area contributed by atoms with Crippen molar-refractivity contribution < 1.29 is 13.5 Å². The molecule has 0 spiro atoms. The fourth-order valence-corrected chi connectivity index (χ4v) is 2.90. The highest BCUT2D eigenvalue weighted by atomic mass is 19.1. The van der Waals surface area contributed by atoms with Crippen molar-refractivity contribution in [2.45, 2.75) is 32.9 Å². The van der Waals surface area contributed by atoms with Gasteiger partial charge in [-0.1, -0.05) is 0 Å². The Hall–Kier alpha value is -2.56.